The van der Waals surface area contributed by atoms with Crippen LogP contribution in [0.25, 0.3) is 0 Å². The van der Waals surface area contributed by atoms with Crippen LogP contribution in [0.15, 0.2) is 54.6 Å². The summed E-state index contributed by atoms with van der Waals surface area (Å²) in [7, 11) is 1.92. The molecule has 1 N–H and O–H groups in total. The number of unbranched alkanes of at least 4 members (excludes halogenated alkanes) is 1. The lowest BCUT2D eigenvalue weighted by molar-refractivity contribution is 0.0499. The first-order valence-corrected chi connectivity index (χ1v) is 10.7. The summed E-state index contributed by atoms with van der Waals surface area (Å²) in [4.78, 5) is 31.8. The van der Waals surface area contributed by atoms with Gasteiger partial charge in [-0.15, -0.1) is 0 Å². The van der Waals surface area contributed by atoms with E-state index < -0.39 is 0 Å². The van der Waals surface area contributed by atoms with E-state index >= 15 is 0 Å². The SMILES string of the molecule is CCCCOC(=O)c1ccc(NC(=O)c2sc(N(C)c3ccccc3)nc2C)cc1. The average molecular weight is 424 g/mol. The van der Waals surface area contributed by atoms with Crippen molar-refractivity contribution in [3.05, 3.63) is 70.7 Å². The summed E-state index contributed by atoms with van der Waals surface area (Å²) in [6, 6.07) is 16.6. The number of amides is 1. The summed E-state index contributed by atoms with van der Waals surface area (Å²) in [5, 5.41) is 3.61. The van der Waals surface area contributed by atoms with Gasteiger partial charge in [-0.25, -0.2) is 9.78 Å². The van der Waals surface area contributed by atoms with Gasteiger partial charge in [0.15, 0.2) is 5.13 Å². The molecule has 0 aliphatic heterocycles. The number of thiazole rings is 1. The fourth-order valence-electron chi connectivity index (χ4n) is 2.77. The zero-order valence-corrected chi connectivity index (χ0v) is 18.2. The molecule has 1 amide bonds. The van der Waals surface area contributed by atoms with Crippen LogP contribution in [-0.2, 0) is 4.74 Å². The minimum absolute atomic E-state index is 0.226. The van der Waals surface area contributed by atoms with Crippen LogP contribution in [0.1, 0.15) is 45.5 Å². The van der Waals surface area contributed by atoms with Gasteiger partial charge in [0.05, 0.1) is 17.9 Å². The lowest BCUT2D eigenvalue weighted by atomic mass is 10.2. The van der Waals surface area contributed by atoms with Crippen molar-refractivity contribution in [1.29, 1.82) is 0 Å². The third-order valence-electron chi connectivity index (χ3n) is 4.53. The summed E-state index contributed by atoms with van der Waals surface area (Å²) in [6.07, 6.45) is 1.81. The Kier molecular flexibility index (Phi) is 7.19. The molecular weight excluding hydrogens is 398 g/mol. The number of hydrogen-bond acceptors (Lipinski definition) is 6. The van der Waals surface area contributed by atoms with Crippen LogP contribution in [-0.4, -0.2) is 30.5 Å². The Morgan fingerprint density at radius 2 is 1.80 bits per heavy atom. The molecule has 0 bridgehead atoms. The Bertz CT molecular complexity index is 1000. The van der Waals surface area contributed by atoms with Gasteiger partial charge in [-0.2, -0.15) is 0 Å². The Labute approximate surface area is 180 Å². The van der Waals surface area contributed by atoms with E-state index in [1.165, 1.54) is 11.3 Å². The number of nitrogens with one attached hydrogen (secondary N) is 1. The summed E-state index contributed by atoms with van der Waals surface area (Å²) in [5.74, 6) is -0.579. The molecule has 0 atom stereocenters. The summed E-state index contributed by atoms with van der Waals surface area (Å²) < 4.78 is 5.20. The molecule has 1 heterocycles. The summed E-state index contributed by atoms with van der Waals surface area (Å²) >= 11 is 1.34. The molecule has 0 aliphatic carbocycles. The molecule has 0 aliphatic rings. The Morgan fingerprint density at radius 3 is 2.47 bits per heavy atom. The van der Waals surface area contributed by atoms with Gasteiger partial charge in [0.1, 0.15) is 4.88 Å². The molecule has 0 unspecified atom stereocenters. The van der Waals surface area contributed by atoms with Crippen LogP contribution < -0.4 is 10.2 Å². The number of benzene rings is 2. The fourth-order valence-corrected chi connectivity index (χ4v) is 3.71. The van der Waals surface area contributed by atoms with Crippen LogP contribution >= 0.6 is 11.3 Å². The van der Waals surface area contributed by atoms with E-state index in [1.807, 2.05) is 56.1 Å². The number of anilines is 3. The zero-order valence-electron chi connectivity index (χ0n) is 17.3. The number of nitrogens with zero attached hydrogens (tertiary/aromatic N) is 2. The Balaban J connectivity index is 1.66. The molecule has 0 saturated heterocycles. The third-order valence-corrected chi connectivity index (χ3v) is 5.76. The molecule has 1 aromatic heterocycles. The van der Waals surface area contributed by atoms with E-state index in [-0.39, 0.29) is 11.9 Å². The number of esters is 1. The molecule has 30 heavy (non-hydrogen) atoms. The monoisotopic (exact) mass is 423 g/mol. The van der Waals surface area contributed by atoms with Crippen molar-refractivity contribution in [2.45, 2.75) is 26.7 Å². The van der Waals surface area contributed by atoms with E-state index in [1.54, 1.807) is 24.3 Å². The van der Waals surface area contributed by atoms with Crippen molar-refractivity contribution >= 4 is 39.7 Å². The quantitative estimate of drug-likeness (QED) is 0.386. The predicted octanol–water partition coefficient (Wildman–Crippen LogP) is 5.43. The second-order valence-electron chi connectivity index (χ2n) is 6.83. The van der Waals surface area contributed by atoms with Crippen molar-refractivity contribution < 1.29 is 14.3 Å². The van der Waals surface area contributed by atoms with E-state index in [0.29, 0.717) is 28.4 Å². The molecule has 2 aromatic carbocycles. The van der Waals surface area contributed by atoms with Crippen molar-refractivity contribution in [2.24, 2.45) is 0 Å². The number of ether oxygens (including phenoxy) is 1. The molecule has 7 heteroatoms. The lowest BCUT2D eigenvalue weighted by Gasteiger charge is -2.15. The number of carbonyl (C=O) groups excluding carboxylic acids is 2. The highest BCUT2D eigenvalue weighted by molar-refractivity contribution is 7.17. The van der Waals surface area contributed by atoms with Gasteiger partial charge in [0.25, 0.3) is 5.91 Å². The molecule has 3 aromatic rings. The molecule has 0 fully saturated rings. The van der Waals surface area contributed by atoms with Gasteiger partial charge in [-0.05, 0) is 49.7 Å². The third kappa shape index (κ3) is 5.24. The van der Waals surface area contributed by atoms with Gasteiger partial charge >= 0.3 is 5.97 Å². The van der Waals surface area contributed by atoms with Gasteiger partial charge in [0, 0.05) is 18.4 Å². The maximum atomic E-state index is 12.7. The van der Waals surface area contributed by atoms with Crippen LogP contribution in [0.3, 0.4) is 0 Å². The first-order chi connectivity index (χ1) is 14.5. The molecule has 6 nitrogen and oxygen atoms in total. The fraction of sp³-hybridized carbons (Fsp3) is 0.261. The highest BCUT2D eigenvalue weighted by Crippen LogP contribution is 2.30. The normalized spacial score (nSPS) is 10.5. The molecule has 156 valence electrons. The van der Waals surface area contributed by atoms with Crippen LogP contribution in [0.2, 0.25) is 0 Å². The largest absolute Gasteiger partial charge is 0.462 e. The minimum Gasteiger partial charge on any atom is -0.462 e. The van der Waals surface area contributed by atoms with Gasteiger partial charge in [0.2, 0.25) is 0 Å². The van der Waals surface area contributed by atoms with Crippen molar-refractivity contribution in [3.8, 4) is 0 Å². The lowest BCUT2D eigenvalue weighted by Crippen LogP contribution is -2.12. The van der Waals surface area contributed by atoms with E-state index in [0.717, 1.165) is 23.7 Å². The van der Waals surface area contributed by atoms with Gasteiger partial charge < -0.3 is 15.0 Å². The van der Waals surface area contributed by atoms with Crippen LogP contribution in [0.4, 0.5) is 16.5 Å². The highest BCUT2D eigenvalue weighted by Gasteiger charge is 2.18. The second kappa shape index (κ2) is 10.0. The minimum atomic E-state index is -0.354. The van der Waals surface area contributed by atoms with E-state index in [4.69, 9.17) is 4.74 Å². The number of rotatable bonds is 8. The summed E-state index contributed by atoms with van der Waals surface area (Å²) in [5.41, 5.74) is 2.74. The first-order valence-electron chi connectivity index (χ1n) is 9.84. The van der Waals surface area contributed by atoms with Crippen molar-refractivity contribution in [3.63, 3.8) is 0 Å². The van der Waals surface area contributed by atoms with E-state index in [2.05, 4.69) is 10.3 Å². The number of aromatic nitrogens is 1. The Morgan fingerprint density at radius 1 is 1.10 bits per heavy atom. The van der Waals surface area contributed by atoms with E-state index in [9.17, 15) is 9.59 Å². The molecule has 3 rings (SSSR count). The van der Waals surface area contributed by atoms with Crippen molar-refractivity contribution in [2.75, 3.05) is 23.9 Å². The van der Waals surface area contributed by atoms with Crippen LogP contribution in [0.5, 0.6) is 0 Å². The maximum absolute atomic E-state index is 12.7. The van der Waals surface area contributed by atoms with Gasteiger partial charge in [-0.3, -0.25) is 4.79 Å². The second-order valence-corrected chi connectivity index (χ2v) is 7.80. The highest BCUT2D eigenvalue weighted by atomic mass is 32.1. The standard InChI is InChI=1S/C23H25N3O3S/c1-4-5-15-29-22(28)17-11-13-18(14-12-17)25-21(27)20-16(2)24-23(30-20)26(3)19-9-7-6-8-10-19/h6-14H,4-5,15H2,1-3H3,(H,25,27). The smallest absolute Gasteiger partial charge is 0.338 e. The summed E-state index contributed by atoms with van der Waals surface area (Å²) in [6.45, 7) is 4.28. The zero-order chi connectivity index (χ0) is 21.5. The number of hydrogen-bond donors (Lipinski definition) is 1. The number of para-hydroxylation sites is 1. The van der Waals surface area contributed by atoms with Crippen LogP contribution in [0, 0.1) is 6.92 Å². The van der Waals surface area contributed by atoms with Crippen molar-refractivity contribution in [1.82, 2.24) is 4.98 Å². The topological polar surface area (TPSA) is 71.5 Å². The number of aryl methyl sites for hydroxylation is 1. The predicted molar refractivity (Wildman–Crippen MR) is 121 cm³/mol. The molecule has 0 spiro atoms. The van der Waals surface area contributed by atoms with Gasteiger partial charge in [-0.1, -0.05) is 42.9 Å². The molecule has 0 radical (unpaired) electrons. The first kappa shape index (κ1) is 21.5. The number of carbonyl (C=O) groups is 2. The molecular formula is C23H25N3O3S. The Hall–Kier alpha value is -3.19. The maximum Gasteiger partial charge on any atom is 0.338 e. The average Bonchev–Trinajstić information content (AvgIpc) is 3.16. The molecule has 0 saturated carbocycles.